The van der Waals surface area contributed by atoms with E-state index in [9.17, 15) is 23.6 Å². The number of nitrogens with zero attached hydrogens (tertiary/aromatic N) is 7. The van der Waals surface area contributed by atoms with E-state index in [-0.39, 0.29) is 47.4 Å². The molecule has 0 saturated carbocycles. The summed E-state index contributed by atoms with van der Waals surface area (Å²) in [5.74, 6) is -2.24. The molecule has 1 aliphatic heterocycles. The number of ether oxygens (including phenoxy) is 1. The Bertz CT molecular complexity index is 1680. The molecule has 14 nitrogen and oxygen atoms in total. The molecule has 4 aromatic rings. The van der Waals surface area contributed by atoms with Crippen LogP contribution < -0.4 is 16.2 Å². The van der Waals surface area contributed by atoms with Gasteiger partial charge < -0.3 is 24.8 Å². The van der Waals surface area contributed by atoms with Crippen LogP contribution in [0.3, 0.4) is 0 Å². The maximum atomic E-state index is 13.4. The number of hydrogen-bond acceptors (Lipinski definition) is 9. The van der Waals surface area contributed by atoms with Gasteiger partial charge in [-0.25, -0.2) is 9.37 Å². The third kappa shape index (κ3) is 4.85. The van der Waals surface area contributed by atoms with Crippen molar-refractivity contribution in [1.82, 2.24) is 34.3 Å². The van der Waals surface area contributed by atoms with Gasteiger partial charge in [0.2, 0.25) is 5.91 Å². The molecule has 0 bridgehead atoms. The largest absolute Gasteiger partial charge is 0.379 e. The highest BCUT2D eigenvalue weighted by atomic mass is 19.1. The van der Waals surface area contributed by atoms with Crippen molar-refractivity contribution in [2.24, 2.45) is 0 Å². The molecular weight excluding hydrogens is 513 g/mol. The van der Waals surface area contributed by atoms with Crippen LogP contribution in [0.4, 0.5) is 16.0 Å². The molecule has 0 saturated heterocycles. The van der Waals surface area contributed by atoms with Crippen LogP contribution in [0.5, 0.6) is 0 Å². The Morgan fingerprint density at radius 3 is 2.69 bits per heavy atom. The first-order valence-electron chi connectivity index (χ1n) is 11.4. The molecule has 0 unspecified atom stereocenters. The number of halogens is 1. The zero-order valence-electron chi connectivity index (χ0n) is 20.4. The second kappa shape index (κ2) is 10.2. The quantitative estimate of drug-likeness (QED) is 0.334. The lowest BCUT2D eigenvalue weighted by Gasteiger charge is -2.18. The molecule has 0 radical (unpaired) electrons. The normalized spacial score (nSPS) is 12.5. The number of methoxy groups -OCH3 is 1. The Kier molecular flexibility index (Phi) is 6.64. The van der Waals surface area contributed by atoms with Gasteiger partial charge in [0.25, 0.3) is 17.4 Å². The van der Waals surface area contributed by atoms with Gasteiger partial charge in [0.05, 0.1) is 24.9 Å². The maximum absolute atomic E-state index is 13.4. The van der Waals surface area contributed by atoms with Crippen molar-refractivity contribution in [2.75, 3.05) is 24.4 Å². The van der Waals surface area contributed by atoms with E-state index in [1.807, 2.05) is 0 Å². The molecule has 0 spiro atoms. The molecule has 39 heavy (non-hydrogen) atoms. The molecule has 0 fully saturated rings. The SMILES string of the molecule is C=C(COC)N1Cc2c(n(CC(=O)Nc3ccc(F)cn3)c3cc(C(=O)Nc4cccnn4)nn3c2=O)C1=O. The van der Waals surface area contributed by atoms with E-state index in [0.29, 0.717) is 5.70 Å². The molecule has 0 aromatic carbocycles. The van der Waals surface area contributed by atoms with Crippen molar-refractivity contribution in [3.8, 4) is 0 Å². The molecule has 15 heteroatoms. The standard InChI is InChI=1S/C24H20FN9O5/c1-13(12-39-2)32-10-15-21(24(32)38)33(11-19(35)28-17-6-5-14(25)9-26-17)20-8-16(31-34(20)23(15)37)22(36)29-18-4-3-7-27-30-18/h3-9H,1,10-12H2,2H3,(H,26,28,35)(H,29,30,36). The van der Waals surface area contributed by atoms with Crippen LogP contribution in [-0.2, 0) is 22.6 Å². The molecule has 2 N–H and O–H groups in total. The molecule has 5 heterocycles. The Morgan fingerprint density at radius 1 is 1.18 bits per heavy atom. The summed E-state index contributed by atoms with van der Waals surface area (Å²) in [4.78, 5) is 57.7. The van der Waals surface area contributed by atoms with Crippen LogP contribution in [-0.4, -0.2) is 65.7 Å². The number of rotatable bonds is 8. The minimum Gasteiger partial charge on any atom is -0.379 e. The number of hydrogen-bond donors (Lipinski definition) is 2. The number of anilines is 2. The number of amides is 3. The molecule has 0 atom stereocenters. The Balaban J connectivity index is 1.57. The second-order valence-corrected chi connectivity index (χ2v) is 8.38. The van der Waals surface area contributed by atoms with Crippen molar-refractivity contribution in [3.63, 3.8) is 0 Å². The maximum Gasteiger partial charge on any atom is 0.280 e. The number of nitrogens with one attached hydrogen (secondary N) is 2. The minimum absolute atomic E-state index is 0.0119. The molecule has 5 rings (SSSR count). The van der Waals surface area contributed by atoms with E-state index in [1.165, 1.54) is 41.0 Å². The van der Waals surface area contributed by atoms with Gasteiger partial charge >= 0.3 is 0 Å². The fourth-order valence-electron chi connectivity index (χ4n) is 4.06. The van der Waals surface area contributed by atoms with E-state index in [2.05, 4.69) is 37.5 Å². The monoisotopic (exact) mass is 533 g/mol. The fourth-order valence-corrected chi connectivity index (χ4v) is 4.06. The molecular formula is C24H20FN9O5. The molecule has 3 amide bonds. The summed E-state index contributed by atoms with van der Waals surface area (Å²) in [5.41, 5.74) is -0.487. The zero-order chi connectivity index (χ0) is 27.7. The Morgan fingerprint density at radius 2 is 2.00 bits per heavy atom. The van der Waals surface area contributed by atoms with Gasteiger partial charge in [0.15, 0.2) is 11.5 Å². The summed E-state index contributed by atoms with van der Waals surface area (Å²) in [5, 5.41) is 16.6. The van der Waals surface area contributed by atoms with E-state index in [0.717, 1.165) is 16.8 Å². The fraction of sp³-hybridized carbons (Fsp3) is 0.167. The highest BCUT2D eigenvalue weighted by Crippen LogP contribution is 2.25. The van der Waals surface area contributed by atoms with Gasteiger partial charge in [0.1, 0.15) is 29.5 Å². The lowest BCUT2D eigenvalue weighted by Crippen LogP contribution is -2.30. The van der Waals surface area contributed by atoms with E-state index >= 15 is 0 Å². The predicted molar refractivity (Wildman–Crippen MR) is 133 cm³/mol. The molecule has 4 aromatic heterocycles. The summed E-state index contributed by atoms with van der Waals surface area (Å²) in [6.45, 7) is 3.29. The third-order valence-corrected chi connectivity index (χ3v) is 5.77. The van der Waals surface area contributed by atoms with Crippen LogP contribution in [0.1, 0.15) is 26.5 Å². The lowest BCUT2D eigenvalue weighted by atomic mass is 10.2. The van der Waals surface area contributed by atoms with Crippen molar-refractivity contribution < 1.29 is 23.5 Å². The minimum atomic E-state index is -0.688. The summed E-state index contributed by atoms with van der Waals surface area (Å²) >= 11 is 0. The summed E-state index contributed by atoms with van der Waals surface area (Å²) in [6, 6.07) is 6.76. The van der Waals surface area contributed by atoms with Crippen LogP contribution in [0, 0.1) is 5.82 Å². The van der Waals surface area contributed by atoms with E-state index in [1.54, 1.807) is 6.07 Å². The number of carbonyl (C=O) groups excluding carboxylic acids is 3. The van der Waals surface area contributed by atoms with Crippen LogP contribution >= 0.6 is 0 Å². The first kappa shape index (κ1) is 25.3. The predicted octanol–water partition coefficient (Wildman–Crippen LogP) is 0.827. The van der Waals surface area contributed by atoms with E-state index < -0.39 is 35.6 Å². The average molecular weight is 533 g/mol. The summed E-state index contributed by atoms with van der Waals surface area (Å²) in [7, 11) is 1.44. The number of carbonyl (C=O) groups is 3. The van der Waals surface area contributed by atoms with Crippen molar-refractivity contribution in [1.29, 1.82) is 0 Å². The first-order valence-corrected chi connectivity index (χ1v) is 11.4. The van der Waals surface area contributed by atoms with Gasteiger partial charge in [0, 0.05) is 25.1 Å². The topological polar surface area (TPSA) is 166 Å². The zero-order valence-corrected chi connectivity index (χ0v) is 20.4. The Labute approximate surface area is 218 Å². The van der Waals surface area contributed by atoms with Gasteiger partial charge in [-0.1, -0.05) is 6.58 Å². The second-order valence-electron chi connectivity index (χ2n) is 8.38. The lowest BCUT2D eigenvalue weighted by molar-refractivity contribution is -0.116. The number of pyridine rings is 1. The van der Waals surface area contributed by atoms with Gasteiger partial charge in [-0.2, -0.15) is 14.7 Å². The first-order chi connectivity index (χ1) is 18.8. The van der Waals surface area contributed by atoms with Crippen LogP contribution in [0.25, 0.3) is 5.65 Å². The number of fused-ring (bicyclic) bond motifs is 2. The van der Waals surface area contributed by atoms with Crippen molar-refractivity contribution in [2.45, 2.75) is 13.1 Å². The smallest absolute Gasteiger partial charge is 0.280 e. The molecule has 198 valence electrons. The van der Waals surface area contributed by atoms with Gasteiger partial charge in [-0.05, 0) is 24.3 Å². The summed E-state index contributed by atoms with van der Waals surface area (Å²) < 4.78 is 20.5. The average Bonchev–Trinajstić information content (AvgIpc) is 3.52. The van der Waals surface area contributed by atoms with Gasteiger partial charge in [-0.15, -0.1) is 5.10 Å². The number of aromatic nitrogens is 6. The van der Waals surface area contributed by atoms with Crippen LogP contribution in [0.15, 0.2) is 59.8 Å². The highest BCUT2D eigenvalue weighted by Gasteiger charge is 2.36. The summed E-state index contributed by atoms with van der Waals surface area (Å²) in [6.07, 6.45) is 2.37. The molecule has 1 aliphatic rings. The molecule has 0 aliphatic carbocycles. The third-order valence-electron chi connectivity index (χ3n) is 5.77. The van der Waals surface area contributed by atoms with Gasteiger partial charge in [-0.3, -0.25) is 19.2 Å². The van der Waals surface area contributed by atoms with E-state index in [4.69, 9.17) is 4.74 Å². The highest BCUT2D eigenvalue weighted by molar-refractivity contribution is 6.03. The van der Waals surface area contributed by atoms with Crippen LogP contribution in [0.2, 0.25) is 0 Å². The Hall–Kier alpha value is -5.31. The van der Waals surface area contributed by atoms with Crippen molar-refractivity contribution >= 4 is 35.0 Å². The van der Waals surface area contributed by atoms with Crippen molar-refractivity contribution in [3.05, 3.63) is 88.1 Å².